The lowest BCUT2D eigenvalue weighted by Crippen LogP contribution is -2.19. The highest BCUT2D eigenvalue weighted by Gasteiger charge is 2.26. The molecule has 2 aromatic rings. The first-order valence-electron chi connectivity index (χ1n) is 7.85. The van der Waals surface area contributed by atoms with Crippen LogP contribution in [-0.4, -0.2) is 21.3 Å². The summed E-state index contributed by atoms with van der Waals surface area (Å²) in [7, 11) is 0. The first-order valence-corrected chi connectivity index (χ1v) is 7.85. The molecule has 4 heteroatoms. The number of aromatic nitrogens is 3. The molecule has 3 rings (SSSR count). The van der Waals surface area contributed by atoms with Gasteiger partial charge in [0.2, 0.25) is 0 Å². The minimum atomic E-state index is 0.670. The van der Waals surface area contributed by atoms with Crippen molar-refractivity contribution in [1.29, 1.82) is 0 Å². The summed E-state index contributed by atoms with van der Waals surface area (Å²) >= 11 is 0. The summed E-state index contributed by atoms with van der Waals surface area (Å²) < 4.78 is 1.91. The summed E-state index contributed by atoms with van der Waals surface area (Å²) in [6, 6.07) is 4.32. The molecule has 0 spiro atoms. The maximum atomic E-state index is 4.66. The van der Waals surface area contributed by atoms with E-state index in [0.29, 0.717) is 11.8 Å². The van der Waals surface area contributed by atoms with Crippen molar-refractivity contribution >= 4 is 0 Å². The van der Waals surface area contributed by atoms with Gasteiger partial charge in [-0.05, 0) is 55.5 Å². The third-order valence-electron chi connectivity index (χ3n) is 3.81. The third-order valence-corrected chi connectivity index (χ3v) is 3.81. The van der Waals surface area contributed by atoms with Crippen LogP contribution >= 0.6 is 0 Å². The molecule has 4 nitrogen and oxygen atoms in total. The van der Waals surface area contributed by atoms with Crippen LogP contribution in [0.4, 0.5) is 0 Å². The van der Waals surface area contributed by atoms with Gasteiger partial charge < -0.3 is 5.32 Å². The van der Waals surface area contributed by atoms with Crippen LogP contribution in [0.15, 0.2) is 24.5 Å². The molecular weight excluding hydrogens is 260 g/mol. The normalized spacial score (nSPS) is 14.9. The van der Waals surface area contributed by atoms with Crippen LogP contribution in [0.3, 0.4) is 0 Å². The fourth-order valence-electron chi connectivity index (χ4n) is 2.52. The quantitative estimate of drug-likeness (QED) is 0.886. The Morgan fingerprint density at radius 1 is 1.38 bits per heavy atom. The molecule has 1 fully saturated rings. The Kier molecular flexibility index (Phi) is 4.06. The summed E-state index contributed by atoms with van der Waals surface area (Å²) in [5.74, 6) is 2.30. The molecule has 0 aliphatic heterocycles. The highest BCUT2D eigenvalue weighted by molar-refractivity contribution is 5.35. The molecule has 0 radical (unpaired) electrons. The average Bonchev–Trinajstić information content (AvgIpc) is 3.17. The van der Waals surface area contributed by atoms with Gasteiger partial charge in [0.15, 0.2) is 5.82 Å². The van der Waals surface area contributed by atoms with E-state index in [9.17, 15) is 0 Å². The van der Waals surface area contributed by atoms with Crippen molar-refractivity contribution in [2.24, 2.45) is 5.92 Å². The van der Waals surface area contributed by atoms with Crippen LogP contribution in [0.5, 0.6) is 0 Å². The smallest absolute Gasteiger partial charge is 0.156 e. The lowest BCUT2D eigenvalue weighted by molar-refractivity contribution is 0.551. The van der Waals surface area contributed by atoms with Crippen LogP contribution in [0, 0.1) is 12.8 Å². The van der Waals surface area contributed by atoms with Gasteiger partial charge in [-0.25, -0.2) is 9.67 Å². The molecular formula is C17H24N4. The molecule has 1 N–H and O–H groups in total. The maximum Gasteiger partial charge on any atom is 0.156 e. The number of hydrogen-bond acceptors (Lipinski definition) is 3. The second-order valence-corrected chi connectivity index (χ2v) is 6.47. The molecule has 0 amide bonds. The highest BCUT2D eigenvalue weighted by Crippen LogP contribution is 2.39. The van der Waals surface area contributed by atoms with Gasteiger partial charge >= 0.3 is 0 Å². The molecule has 0 atom stereocenters. The Morgan fingerprint density at radius 2 is 2.19 bits per heavy atom. The zero-order valence-corrected chi connectivity index (χ0v) is 13.1. The van der Waals surface area contributed by atoms with Crippen molar-refractivity contribution in [3.63, 3.8) is 0 Å². The predicted molar refractivity (Wildman–Crippen MR) is 84.6 cm³/mol. The summed E-state index contributed by atoms with van der Waals surface area (Å²) in [6.07, 6.45) is 6.54. The Morgan fingerprint density at radius 3 is 2.86 bits per heavy atom. The van der Waals surface area contributed by atoms with E-state index in [4.69, 9.17) is 0 Å². The van der Waals surface area contributed by atoms with E-state index < -0.39 is 0 Å². The summed E-state index contributed by atoms with van der Waals surface area (Å²) in [4.78, 5) is 4.60. The fraction of sp³-hybridized carbons (Fsp3) is 0.529. The molecule has 1 saturated carbocycles. The number of nitrogens with zero attached hydrogens (tertiary/aromatic N) is 3. The van der Waals surface area contributed by atoms with Crippen molar-refractivity contribution in [3.8, 4) is 5.82 Å². The minimum absolute atomic E-state index is 0.670. The van der Waals surface area contributed by atoms with E-state index in [1.165, 1.54) is 29.7 Å². The van der Waals surface area contributed by atoms with E-state index in [1.54, 1.807) is 0 Å². The van der Waals surface area contributed by atoms with Crippen molar-refractivity contribution < 1.29 is 0 Å². The first-order chi connectivity index (χ1) is 10.1. The molecule has 0 unspecified atom stereocenters. The number of aryl methyl sites for hydroxylation is 1. The van der Waals surface area contributed by atoms with E-state index in [2.05, 4.69) is 48.3 Å². The second kappa shape index (κ2) is 5.98. The number of pyridine rings is 1. The summed E-state index contributed by atoms with van der Waals surface area (Å²) in [5.41, 5.74) is 3.61. The topological polar surface area (TPSA) is 42.7 Å². The van der Waals surface area contributed by atoms with Crippen LogP contribution in [-0.2, 0) is 6.54 Å². The summed E-state index contributed by atoms with van der Waals surface area (Å²) in [6.45, 7) is 8.44. The first kappa shape index (κ1) is 14.3. The van der Waals surface area contributed by atoms with E-state index >= 15 is 0 Å². The van der Waals surface area contributed by atoms with E-state index in [0.717, 1.165) is 18.9 Å². The minimum Gasteiger partial charge on any atom is -0.312 e. The van der Waals surface area contributed by atoms with Gasteiger partial charge in [0, 0.05) is 24.9 Å². The Balaban J connectivity index is 1.70. The van der Waals surface area contributed by atoms with Crippen molar-refractivity contribution in [2.75, 3.05) is 6.54 Å². The molecule has 0 bridgehead atoms. The number of nitrogens with one attached hydrogen (secondary N) is 1. The predicted octanol–water partition coefficient (Wildman–Crippen LogP) is 3.20. The van der Waals surface area contributed by atoms with Gasteiger partial charge in [0.1, 0.15) is 0 Å². The summed E-state index contributed by atoms with van der Waals surface area (Å²) in [5, 5.41) is 8.11. The van der Waals surface area contributed by atoms with Crippen LogP contribution in [0.25, 0.3) is 5.82 Å². The van der Waals surface area contributed by atoms with Gasteiger partial charge in [0.05, 0.1) is 5.69 Å². The largest absolute Gasteiger partial charge is 0.312 e. The fourth-order valence-corrected chi connectivity index (χ4v) is 2.52. The molecule has 1 aliphatic rings. The average molecular weight is 284 g/mol. The van der Waals surface area contributed by atoms with Gasteiger partial charge in [-0.3, -0.25) is 0 Å². The molecule has 0 aromatic carbocycles. The lowest BCUT2D eigenvalue weighted by atomic mass is 10.2. The van der Waals surface area contributed by atoms with Crippen molar-refractivity contribution in [1.82, 2.24) is 20.1 Å². The molecule has 2 aromatic heterocycles. The molecule has 1 aliphatic carbocycles. The SMILES string of the molecule is Cc1cc(CNCC(C)C)cnc1-n1ccc(C2CC2)n1. The van der Waals surface area contributed by atoms with Crippen molar-refractivity contribution in [3.05, 3.63) is 41.3 Å². The Labute approximate surface area is 126 Å². The van der Waals surface area contributed by atoms with E-state index in [1.807, 2.05) is 17.1 Å². The number of hydrogen-bond donors (Lipinski definition) is 1. The maximum absolute atomic E-state index is 4.66. The van der Waals surface area contributed by atoms with Gasteiger partial charge in [-0.2, -0.15) is 5.10 Å². The Hall–Kier alpha value is -1.68. The standard InChI is InChI=1S/C17H24N4/c1-12(2)9-18-10-14-8-13(3)17(19-11-14)21-7-6-16(20-21)15-4-5-15/h6-8,11-12,15,18H,4-5,9-10H2,1-3H3. The Bertz CT molecular complexity index is 611. The zero-order valence-electron chi connectivity index (χ0n) is 13.1. The molecule has 21 heavy (non-hydrogen) atoms. The second-order valence-electron chi connectivity index (χ2n) is 6.47. The third kappa shape index (κ3) is 3.50. The molecule has 2 heterocycles. The monoisotopic (exact) mass is 284 g/mol. The van der Waals surface area contributed by atoms with E-state index in [-0.39, 0.29) is 0 Å². The van der Waals surface area contributed by atoms with Crippen molar-refractivity contribution in [2.45, 2.75) is 46.1 Å². The lowest BCUT2D eigenvalue weighted by Gasteiger charge is -2.10. The zero-order chi connectivity index (χ0) is 14.8. The molecule has 112 valence electrons. The highest BCUT2D eigenvalue weighted by atomic mass is 15.3. The van der Waals surface area contributed by atoms with Gasteiger partial charge in [-0.15, -0.1) is 0 Å². The van der Waals surface area contributed by atoms with Crippen LogP contribution < -0.4 is 5.32 Å². The van der Waals surface area contributed by atoms with Gasteiger partial charge in [0.25, 0.3) is 0 Å². The van der Waals surface area contributed by atoms with Crippen LogP contribution in [0.2, 0.25) is 0 Å². The number of rotatable bonds is 6. The molecule has 0 saturated heterocycles. The van der Waals surface area contributed by atoms with Crippen LogP contribution in [0.1, 0.15) is 49.4 Å². The van der Waals surface area contributed by atoms with Gasteiger partial charge in [-0.1, -0.05) is 13.8 Å².